The summed E-state index contributed by atoms with van der Waals surface area (Å²) in [7, 11) is 0. The van der Waals surface area contributed by atoms with Crippen LogP contribution in [0.4, 0.5) is 5.69 Å². The molecule has 0 aliphatic carbocycles. The number of hydrogen-bond acceptors (Lipinski definition) is 1. The van der Waals surface area contributed by atoms with Gasteiger partial charge < -0.3 is 5.32 Å². The molecule has 0 bridgehead atoms. The fourth-order valence-electron chi connectivity index (χ4n) is 1.32. The zero-order valence-corrected chi connectivity index (χ0v) is 8.72. The normalized spacial score (nSPS) is 9.43. The van der Waals surface area contributed by atoms with Gasteiger partial charge in [-0.2, -0.15) is 0 Å². The van der Waals surface area contributed by atoms with E-state index in [9.17, 15) is 0 Å². The molecule has 0 aromatic heterocycles. The van der Waals surface area contributed by atoms with E-state index in [-0.39, 0.29) is 0 Å². The van der Waals surface area contributed by atoms with Gasteiger partial charge in [0.25, 0.3) is 0 Å². The largest absolute Gasteiger partial charge is 0.374 e. The van der Waals surface area contributed by atoms with E-state index in [1.165, 1.54) is 24.8 Å². The summed E-state index contributed by atoms with van der Waals surface area (Å²) >= 11 is 0. The summed E-state index contributed by atoms with van der Waals surface area (Å²) in [5.74, 6) is 2.55. The minimum absolute atomic E-state index is 0.592. The molecule has 0 saturated heterocycles. The molecule has 1 rings (SSSR count). The van der Waals surface area contributed by atoms with Crippen LogP contribution in [0.5, 0.6) is 0 Å². The number of hydrogen-bond donors (Lipinski definition) is 1. The van der Waals surface area contributed by atoms with E-state index in [0.29, 0.717) is 6.54 Å². The summed E-state index contributed by atoms with van der Waals surface area (Å²) in [4.78, 5) is 0. The van der Waals surface area contributed by atoms with Crippen LogP contribution in [-0.4, -0.2) is 6.54 Å². The number of terminal acetylenes is 1. The molecule has 1 nitrogen and oxygen atoms in total. The first kappa shape index (κ1) is 10.7. The van der Waals surface area contributed by atoms with Crippen molar-refractivity contribution in [1.29, 1.82) is 0 Å². The van der Waals surface area contributed by atoms with Crippen LogP contribution in [-0.2, 0) is 6.42 Å². The van der Waals surface area contributed by atoms with Gasteiger partial charge in [-0.3, -0.25) is 0 Å². The Bertz CT molecular complexity index is 292. The van der Waals surface area contributed by atoms with Gasteiger partial charge in [0.1, 0.15) is 0 Å². The van der Waals surface area contributed by atoms with Crippen molar-refractivity contribution < 1.29 is 0 Å². The molecule has 1 heteroatoms. The highest BCUT2D eigenvalue weighted by atomic mass is 14.8. The molecule has 74 valence electrons. The smallest absolute Gasteiger partial charge is 0.0763 e. The SMILES string of the molecule is C#CCNc1ccc(CCCC)cc1. The zero-order chi connectivity index (χ0) is 10.2. The van der Waals surface area contributed by atoms with Crippen LogP contribution in [0.3, 0.4) is 0 Å². The Morgan fingerprint density at radius 1 is 1.29 bits per heavy atom. The Morgan fingerprint density at radius 2 is 2.00 bits per heavy atom. The van der Waals surface area contributed by atoms with Crippen LogP contribution in [0.1, 0.15) is 25.3 Å². The number of benzene rings is 1. The van der Waals surface area contributed by atoms with Gasteiger partial charge in [-0.15, -0.1) is 6.42 Å². The van der Waals surface area contributed by atoms with Crippen molar-refractivity contribution >= 4 is 5.69 Å². The molecule has 0 spiro atoms. The van der Waals surface area contributed by atoms with Gasteiger partial charge in [-0.1, -0.05) is 31.4 Å². The van der Waals surface area contributed by atoms with Gasteiger partial charge in [0.15, 0.2) is 0 Å². The van der Waals surface area contributed by atoms with Gasteiger partial charge >= 0.3 is 0 Å². The minimum Gasteiger partial charge on any atom is -0.374 e. The third kappa shape index (κ3) is 3.53. The first-order valence-electron chi connectivity index (χ1n) is 5.13. The van der Waals surface area contributed by atoms with Crippen molar-refractivity contribution in [2.24, 2.45) is 0 Å². The molecule has 0 aliphatic rings. The van der Waals surface area contributed by atoms with Gasteiger partial charge in [0, 0.05) is 5.69 Å². The van der Waals surface area contributed by atoms with Crippen molar-refractivity contribution in [3.8, 4) is 12.3 Å². The first-order valence-corrected chi connectivity index (χ1v) is 5.13. The highest BCUT2D eigenvalue weighted by Gasteiger charge is 1.93. The van der Waals surface area contributed by atoms with Crippen molar-refractivity contribution in [3.63, 3.8) is 0 Å². The van der Waals surface area contributed by atoms with E-state index in [1.807, 2.05) is 0 Å². The van der Waals surface area contributed by atoms with E-state index in [4.69, 9.17) is 6.42 Å². The van der Waals surface area contributed by atoms with Crippen LogP contribution < -0.4 is 5.32 Å². The van der Waals surface area contributed by atoms with Gasteiger partial charge in [-0.25, -0.2) is 0 Å². The second-order valence-electron chi connectivity index (χ2n) is 3.36. The monoisotopic (exact) mass is 187 g/mol. The topological polar surface area (TPSA) is 12.0 Å². The van der Waals surface area contributed by atoms with Gasteiger partial charge in [0.05, 0.1) is 6.54 Å². The predicted molar refractivity (Wildman–Crippen MR) is 62.4 cm³/mol. The van der Waals surface area contributed by atoms with E-state index >= 15 is 0 Å². The fraction of sp³-hybridized carbons (Fsp3) is 0.385. The summed E-state index contributed by atoms with van der Waals surface area (Å²) in [6, 6.07) is 8.49. The third-order valence-corrected chi connectivity index (χ3v) is 2.17. The maximum absolute atomic E-state index is 5.16. The van der Waals surface area contributed by atoms with Crippen LogP contribution in [0.25, 0.3) is 0 Å². The quantitative estimate of drug-likeness (QED) is 0.698. The number of anilines is 1. The maximum atomic E-state index is 5.16. The summed E-state index contributed by atoms with van der Waals surface area (Å²) in [5.41, 5.74) is 2.50. The Kier molecular flexibility index (Phi) is 4.64. The Labute approximate surface area is 86.5 Å². The molecular weight excluding hydrogens is 170 g/mol. The van der Waals surface area contributed by atoms with Gasteiger partial charge in [0.2, 0.25) is 0 Å². The molecule has 14 heavy (non-hydrogen) atoms. The molecule has 0 heterocycles. The summed E-state index contributed by atoms with van der Waals surface area (Å²) in [5, 5.41) is 3.14. The molecule has 1 aromatic carbocycles. The Balaban J connectivity index is 2.47. The van der Waals surface area contributed by atoms with Crippen molar-refractivity contribution in [1.82, 2.24) is 0 Å². The molecule has 1 N–H and O–H groups in total. The molecule has 0 unspecified atom stereocenters. The van der Waals surface area contributed by atoms with Crippen LogP contribution in [0.2, 0.25) is 0 Å². The maximum Gasteiger partial charge on any atom is 0.0763 e. The van der Waals surface area contributed by atoms with Crippen molar-refractivity contribution in [2.75, 3.05) is 11.9 Å². The number of nitrogens with one attached hydrogen (secondary N) is 1. The first-order chi connectivity index (χ1) is 6.86. The Hall–Kier alpha value is -1.42. The lowest BCUT2D eigenvalue weighted by Crippen LogP contribution is -1.97. The molecule has 1 aromatic rings. The van der Waals surface area contributed by atoms with Gasteiger partial charge in [-0.05, 0) is 30.5 Å². The fourth-order valence-corrected chi connectivity index (χ4v) is 1.32. The second-order valence-corrected chi connectivity index (χ2v) is 3.36. The molecule has 0 amide bonds. The van der Waals surface area contributed by atoms with Crippen molar-refractivity contribution in [2.45, 2.75) is 26.2 Å². The second kappa shape index (κ2) is 6.10. The molecule has 0 fully saturated rings. The molecule has 0 atom stereocenters. The third-order valence-electron chi connectivity index (χ3n) is 2.17. The predicted octanol–water partition coefficient (Wildman–Crippen LogP) is 3.07. The summed E-state index contributed by atoms with van der Waals surface area (Å²) in [6.45, 7) is 2.80. The lowest BCUT2D eigenvalue weighted by Gasteiger charge is -2.04. The van der Waals surface area contributed by atoms with Crippen LogP contribution >= 0.6 is 0 Å². The van der Waals surface area contributed by atoms with E-state index in [0.717, 1.165) is 5.69 Å². The lowest BCUT2D eigenvalue weighted by molar-refractivity contribution is 0.795. The standard InChI is InChI=1S/C13H17N/c1-3-5-6-12-7-9-13(10-8-12)14-11-4-2/h2,7-10,14H,3,5-6,11H2,1H3. The summed E-state index contributed by atoms with van der Waals surface area (Å²) < 4.78 is 0. The number of rotatable bonds is 5. The lowest BCUT2D eigenvalue weighted by atomic mass is 10.1. The molecular formula is C13H17N. The molecule has 0 radical (unpaired) electrons. The minimum atomic E-state index is 0.592. The number of unbranched alkanes of at least 4 members (excludes halogenated alkanes) is 1. The molecule has 0 saturated carbocycles. The van der Waals surface area contributed by atoms with E-state index in [1.54, 1.807) is 0 Å². The number of aryl methyl sites for hydroxylation is 1. The Morgan fingerprint density at radius 3 is 2.57 bits per heavy atom. The zero-order valence-electron chi connectivity index (χ0n) is 8.72. The molecule has 0 aliphatic heterocycles. The van der Waals surface area contributed by atoms with Crippen LogP contribution in [0, 0.1) is 12.3 Å². The average molecular weight is 187 g/mol. The van der Waals surface area contributed by atoms with E-state index < -0.39 is 0 Å². The highest BCUT2D eigenvalue weighted by Crippen LogP contribution is 2.11. The summed E-state index contributed by atoms with van der Waals surface area (Å²) in [6.07, 6.45) is 8.84. The van der Waals surface area contributed by atoms with E-state index in [2.05, 4.69) is 42.4 Å². The van der Waals surface area contributed by atoms with Crippen molar-refractivity contribution in [3.05, 3.63) is 29.8 Å². The highest BCUT2D eigenvalue weighted by molar-refractivity contribution is 5.45. The van der Waals surface area contributed by atoms with Crippen LogP contribution in [0.15, 0.2) is 24.3 Å². The average Bonchev–Trinajstić information content (AvgIpc) is 2.25.